The molecule has 0 amide bonds. The first-order chi connectivity index (χ1) is 14.2. The van der Waals surface area contributed by atoms with Crippen molar-refractivity contribution in [2.75, 3.05) is 0 Å². The number of Topliss-reactive ketones (excluding diaryl/α,β-unsaturated/α-hetero) is 1. The zero-order chi connectivity index (χ0) is 21.9. The van der Waals surface area contributed by atoms with E-state index in [2.05, 4.69) is 12.0 Å². The van der Waals surface area contributed by atoms with Gasteiger partial charge in [0.05, 0.1) is 22.8 Å². The van der Waals surface area contributed by atoms with Crippen LogP contribution in [-0.4, -0.2) is 20.9 Å². The molecule has 0 bridgehead atoms. The van der Waals surface area contributed by atoms with Gasteiger partial charge in [0, 0.05) is 18.0 Å². The van der Waals surface area contributed by atoms with E-state index in [1.807, 2.05) is 19.9 Å². The summed E-state index contributed by atoms with van der Waals surface area (Å²) in [4.78, 5) is 12.8. The van der Waals surface area contributed by atoms with Crippen molar-refractivity contribution in [1.82, 2.24) is 9.61 Å². The molecule has 2 N–H and O–H groups in total. The summed E-state index contributed by atoms with van der Waals surface area (Å²) in [5, 5.41) is 4.27. The molecule has 0 aliphatic rings. The fourth-order valence-electron chi connectivity index (χ4n) is 3.55. The number of hydrogen-bond acceptors (Lipinski definition) is 4. The third-order valence-corrected chi connectivity index (χ3v) is 5.20. The molecule has 30 heavy (non-hydrogen) atoms. The molecule has 1 unspecified atom stereocenters. The quantitative estimate of drug-likeness (QED) is 0.501. The Bertz CT molecular complexity index is 1040. The number of carbonyl (C=O) groups excluding carboxylic acids is 1. The molecule has 0 spiro atoms. The summed E-state index contributed by atoms with van der Waals surface area (Å²) < 4.78 is 34.9. The van der Waals surface area contributed by atoms with Crippen LogP contribution >= 0.6 is 0 Å². The van der Waals surface area contributed by atoms with Crippen molar-refractivity contribution in [3.8, 4) is 5.88 Å². The van der Waals surface area contributed by atoms with Gasteiger partial charge in [-0.05, 0) is 50.5 Å². The second-order valence-electron chi connectivity index (χ2n) is 8.04. The fourth-order valence-corrected chi connectivity index (χ4v) is 3.55. The van der Waals surface area contributed by atoms with E-state index in [0.29, 0.717) is 29.8 Å². The number of pyridine rings is 1. The molecule has 2 aromatic heterocycles. The van der Waals surface area contributed by atoms with Gasteiger partial charge in [-0.3, -0.25) is 4.79 Å². The zero-order valence-corrected chi connectivity index (χ0v) is 17.5. The topological polar surface area (TPSA) is 69.6 Å². The summed E-state index contributed by atoms with van der Waals surface area (Å²) in [5.41, 5.74) is 7.63. The fraction of sp³-hybridized carbons (Fsp3) is 0.391. The molecular weight excluding hydrogens is 388 g/mol. The predicted octanol–water partition coefficient (Wildman–Crippen LogP) is 4.98. The molecule has 0 aliphatic carbocycles. The second-order valence-corrected chi connectivity index (χ2v) is 8.04. The van der Waals surface area contributed by atoms with Crippen LogP contribution in [-0.2, 0) is 6.61 Å². The first kappa shape index (κ1) is 21.9. The monoisotopic (exact) mass is 415 g/mol. The molecule has 0 saturated carbocycles. The molecular formula is C23H27F2N3O2. The molecule has 0 saturated heterocycles. The highest BCUT2D eigenvalue weighted by Gasteiger charge is 2.22. The van der Waals surface area contributed by atoms with Crippen LogP contribution in [0.15, 0.2) is 36.5 Å². The lowest BCUT2D eigenvalue weighted by Gasteiger charge is -2.23. The van der Waals surface area contributed by atoms with Gasteiger partial charge in [0.2, 0.25) is 5.88 Å². The van der Waals surface area contributed by atoms with Crippen LogP contribution in [0.25, 0.3) is 5.52 Å². The van der Waals surface area contributed by atoms with Gasteiger partial charge in [-0.2, -0.15) is 5.10 Å². The van der Waals surface area contributed by atoms with Gasteiger partial charge < -0.3 is 10.5 Å². The van der Waals surface area contributed by atoms with Crippen LogP contribution in [0.3, 0.4) is 0 Å². The molecule has 0 radical (unpaired) electrons. The van der Waals surface area contributed by atoms with Crippen molar-refractivity contribution in [3.63, 3.8) is 0 Å². The molecule has 160 valence electrons. The lowest BCUT2D eigenvalue weighted by Crippen LogP contribution is -2.36. The van der Waals surface area contributed by atoms with Crippen molar-refractivity contribution in [1.29, 1.82) is 0 Å². The van der Waals surface area contributed by atoms with Gasteiger partial charge in [0.25, 0.3) is 0 Å². The average Bonchev–Trinajstić information content (AvgIpc) is 3.09. The molecule has 3 rings (SSSR count). The first-order valence-corrected chi connectivity index (χ1v) is 10.1. The minimum Gasteiger partial charge on any atom is -0.473 e. The Hall–Kier alpha value is -2.80. The third-order valence-electron chi connectivity index (χ3n) is 5.20. The van der Waals surface area contributed by atoms with Gasteiger partial charge in [-0.25, -0.2) is 13.3 Å². The van der Waals surface area contributed by atoms with E-state index in [1.54, 1.807) is 6.07 Å². The zero-order valence-electron chi connectivity index (χ0n) is 17.5. The van der Waals surface area contributed by atoms with Gasteiger partial charge in [0.1, 0.15) is 18.2 Å². The van der Waals surface area contributed by atoms with Crippen LogP contribution in [0.5, 0.6) is 5.88 Å². The summed E-state index contributed by atoms with van der Waals surface area (Å²) in [5.74, 6) is -1.09. The number of rotatable bonds is 9. The van der Waals surface area contributed by atoms with E-state index >= 15 is 0 Å². The Morgan fingerprint density at radius 3 is 2.60 bits per heavy atom. The van der Waals surface area contributed by atoms with Gasteiger partial charge in [0.15, 0.2) is 5.78 Å². The largest absolute Gasteiger partial charge is 0.473 e. The number of aromatic nitrogens is 2. The van der Waals surface area contributed by atoms with E-state index < -0.39 is 11.6 Å². The molecule has 0 fully saturated rings. The molecule has 5 nitrogen and oxygen atoms in total. The lowest BCUT2D eigenvalue weighted by atomic mass is 9.90. The Labute approximate surface area is 174 Å². The van der Waals surface area contributed by atoms with Crippen LogP contribution in [0.4, 0.5) is 8.78 Å². The summed E-state index contributed by atoms with van der Waals surface area (Å²) in [6.07, 6.45) is 4.21. The molecule has 1 aromatic carbocycles. The number of halogens is 2. The summed E-state index contributed by atoms with van der Waals surface area (Å²) in [7, 11) is 0. The third kappa shape index (κ3) is 4.84. The maximum Gasteiger partial charge on any atom is 0.215 e. The Kier molecular flexibility index (Phi) is 6.51. The molecule has 7 heteroatoms. The lowest BCUT2D eigenvalue weighted by molar-refractivity contribution is 0.0972. The number of nitrogens with two attached hydrogens (primary N) is 1. The molecule has 3 aromatic rings. The summed E-state index contributed by atoms with van der Waals surface area (Å²) in [6, 6.07) is 7.22. The Morgan fingerprint density at radius 2 is 1.93 bits per heavy atom. The molecule has 2 heterocycles. The van der Waals surface area contributed by atoms with Gasteiger partial charge >= 0.3 is 0 Å². The molecule has 1 atom stereocenters. The second kappa shape index (κ2) is 8.92. The summed E-state index contributed by atoms with van der Waals surface area (Å²) in [6.45, 7) is 5.59. The van der Waals surface area contributed by atoms with Crippen LogP contribution < -0.4 is 10.5 Å². The number of carbonyl (C=O) groups is 1. The highest BCUT2D eigenvalue weighted by molar-refractivity contribution is 6.02. The average molecular weight is 415 g/mol. The number of ketones is 1. The van der Waals surface area contributed by atoms with Gasteiger partial charge in [-0.1, -0.05) is 19.4 Å². The molecule has 0 aliphatic heterocycles. The smallest absolute Gasteiger partial charge is 0.215 e. The van der Waals surface area contributed by atoms with Crippen LogP contribution in [0, 0.1) is 18.6 Å². The van der Waals surface area contributed by atoms with E-state index in [1.165, 1.54) is 28.9 Å². The number of ether oxygens (including phenoxy) is 1. The normalized spacial score (nSPS) is 13.4. The van der Waals surface area contributed by atoms with Crippen molar-refractivity contribution in [2.24, 2.45) is 5.73 Å². The van der Waals surface area contributed by atoms with E-state index in [9.17, 15) is 13.6 Å². The number of aryl methyl sites for hydroxylation is 1. The SMILES string of the molecule is CCCC(C)(N)CCC(=O)c1cnn2c(OCc3c(F)cccc3F)cc(C)cc12. The van der Waals surface area contributed by atoms with Crippen LogP contribution in [0.1, 0.15) is 61.0 Å². The minimum absolute atomic E-state index is 0.0468. The first-order valence-electron chi connectivity index (χ1n) is 10.1. The predicted molar refractivity (Wildman–Crippen MR) is 112 cm³/mol. The summed E-state index contributed by atoms with van der Waals surface area (Å²) >= 11 is 0. The minimum atomic E-state index is -0.674. The maximum absolute atomic E-state index is 13.9. The highest BCUT2D eigenvalue weighted by Crippen LogP contribution is 2.25. The standard InChI is InChI=1S/C23H27F2N3O2/c1-4-9-23(3,26)10-8-21(29)16-13-27-28-20(16)11-15(2)12-22(28)30-14-17-18(24)6-5-7-19(17)25/h5-7,11-13H,4,8-10,14,26H2,1-3H3. The Morgan fingerprint density at radius 1 is 1.23 bits per heavy atom. The number of benzene rings is 1. The Balaban J connectivity index is 1.83. The van der Waals surface area contributed by atoms with Crippen LogP contribution in [0.2, 0.25) is 0 Å². The van der Waals surface area contributed by atoms with Crippen molar-refractivity contribution in [3.05, 3.63) is 64.9 Å². The van der Waals surface area contributed by atoms with Crippen molar-refractivity contribution >= 4 is 11.3 Å². The number of fused-ring (bicyclic) bond motifs is 1. The van der Waals surface area contributed by atoms with E-state index in [4.69, 9.17) is 10.5 Å². The number of nitrogens with zero attached hydrogens (tertiary/aromatic N) is 2. The van der Waals surface area contributed by atoms with E-state index in [-0.39, 0.29) is 23.5 Å². The maximum atomic E-state index is 13.9. The van der Waals surface area contributed by atoms with E-state index in [0.717, 1.165) is 18.4 Å². The van der Waals surface area contributed by atoms with Crippen molar-refractivity contribution < 1.29 is 18.3 Å². The highest BCUT2D eigenvalue weighted by atomic mass is 19.1. The number of hydrogen-bond donors (Lipinski definition) is 1. The van der Waals surface area contributed by atoms with Gasteiger partial charge in [-0.15, -0.1) is 0 Å². The van der Waals surface area contributed by atoms with Crippen molar-refractivity contribution in [2.45, 2.75) is 58.6 Å².